The minimum Gasteiger partial charge on any atom is -0.396 e. The molecule has 4 saturated carbocycles. The highest BCUT2D eigenvalue weighted by atomic mass is 16.3. The first-order chi connectivity index (χ1) is 12.4. The molecule has 0 spiro atoms. The summed E-state index contributed by atoms with van der Waals surface area (Å²) in [5.41, 5.74) is 1.05. The van der Waals surface area contributed by atoms with E-state index in [9.17, 15) is 10.2 Å². The van der Waals surface area contributed by atoms with Gasteiger partial charge in [-0.25, -0.2) is 0 Å². The van der Waals surface area contributed by atoms with Crippen molar-refractivity contribution < 1.29 is 10.2 Å². The van der Waals surface area contributed by atoms with E-state index in [-0.39, 0.29) is 6.10 Å². The van der Waals surface area contributed by atoms with Gasteiger partial charge < -0.3 is 10.2 Å². The lowest BCUT2D eigenvalue weighted by atomic mass is 9.44. The maximum atomic E-state index is 10.2. The van der Waals surface area contributed by atoms with Crippen molar-refractivity contribution in [3.8, 4) is 0 Å². The fourth-order valence-electron chi connectivity index (χ4n) is 8.83. The number of fused-ring (bicyclic) bond motifs is 5. The fraction of sp³-hybridized carbons (Fsp3) is 1.00. The summed E-state index contributed by atoms with van der Waals surface area (Å²) in [7, 11) is 0. The molecule has 2 unspecified atom stereocenters. The first-order valence-electron chi connectivity index (χ1n) is 11.7. The van der Waals surface area contributed by atoms with Gasteiger partial charge in [-0.3, -0.25) is 0 Å². The van der Waals surface area contributed by atoms with Gasteiger partial charge in [-0.05, 0) is 117 Å². The second kappa shape index (κ2) is 7.07. The van der Waals surface area contributed by atoms with Crippen LogP contribution in [-0.4, -0.2) is 22.9 Å². The van der Waals surface area contributed by atoms with Gasteiger partial charge in [-0.1, -0.05) is 20.8 Å². The Morgan fingerprint density at radius 1 is 0.923 bits per heavy atom. The van der Waals surface area contributed by atoms with Crippen molar-refractivity contribution in [2.45, 2.75) is 97.5 Å². The van der Waals surface area contributed by atoms with Gasteiger partial charge in [0.25, 0.3) is 0 Å². The van der Waals surface area contributed by atoms with Crippen LogP contribution in [0.25, 0.3) is 0 Å². The Morgan fingerprint density at radius 3 is 2.42 bits per heavy atom. The van der Waals surface area contributed by atoms with E-state index in [1.165, 1.54) is 51.4 Å². The Labute approximate surface area is 161 Å². The van der Waals surface area contributed by atoms with Crippen LogP contribution in [0.3, 0.4) is 0 Å². The molecule has 0 aromatic heterocycles. The third-order valence-corrected chi connectivity index (χ3v) is 10.2. The molecule has 0 amide bonds. The standard InChI is InChI=1S/C24H42O2/c1-16(5-4-14-25)20-8-9-21-19-7-6-17-15-18(26)10-12-23(17,2)22(19)11-13-24(20,21)3/h16-22,25-26H,4-15H2,1-3H3/t16-,17?,18?,19+,20-,21+,22+,23+,24-/m1/s1. The van der Waals surface area contributed by atoms with E-state index in [4.69, 9.17) is 0 Å². The zero-order chi connectivity index (χ0) is 18.5. The van der Waals surface area contributed by atoms with Crippen molar-refractivity contribution in [2.75, 3.05) is 6.61 Å². The van der Waals surface area contributed by atoms with Crippen molar-refractivity contribution >= 4 is 0 Å². The first-order valence-corrected chi connectivity index (χ1v) is 11.7. The molecule has 9 atom stereocenters. The number of aliphatic hydroxyl groups is 2. The minimum atomic E-state index is -0.0262. The summed E-state index contributed by atoms with van der Waals surface area (Å²) in [4.78, 5) is 0. The van der Waals surface area contributed by atoms with E-state index in [1.807, 2.05) is 0 Å². The number of hydrogen-bond donors (Lipinski definition) is 2. The monoisotopic (exact) mass is 362 g/mol. The van der Waals surface area contributed by atoms with Crippen molar-refractivity contribution in [2.24, 2.45) is 46.3 Å². The van der Waals surface area contributed by atoms with Gasteiger partial charge in [0.15, 0.2) is 0 Å². The van der Waals surface area contributed by atoms with E-state index >= 15 is 0 Å². The molecule has 4 aliphatic rings. The first kappa shape index (κ1) is 19.2. The van der Waals surface area contributed by atoms with Crippen LogP contribution >= 0.6 is 0 Å². The van der Waals surface area contributed by atoms with Crippen LogP contribution in [0.1, 0.15) is 91.4 Å². The van der Waals surface area contributed by atoms with Gasteiger partial charge >= 0.3 is 0 Å². The van der Waals surface area contributed by atoms with E-state index in [2.05, 4.69) is 20.8 Å². The maximum Gasteiger partial charge on any atom is 0.0543 e. The van der Waals surface area contributed by atoms with E-state index in [1.54, 1.807) is 0 Å². The average molecular weight is 363 g/mol. The van der Waals surface area contributed by atoms with Crippen LogP contribution in [0, 0.1) is 46.3 Å². The predicted octanol–water partition coefficient (Wildman–Crippen LogP) is 5.41. The fourth-order valence-corrected chi connectivity index (χ4v) is 8.83. The smallest absolute Gasteiger partial charge is 0.0543 e. The van der Waals surface area contributed by atoms with Crippen LogP contribution in [0.5, 0.6) is 0 Å². The highest BCUT2D eigenvalue weighted by Gasteiger charge is 2.60. The lowest BCUT2D eigenvalue weighted by molar-refractivity contribution is -0.129. The highest BCUT2D eigenvalue weighted by molar-refractivity contribution is 5.09. The second-order valence-electron chi connectivity index (χ2n) is 11.2. The molecule has 4 aliphatic carbocycles. The molecule has 150 valence electrons. The van der Waals surface area contributed by atoms with E-state index in [0.717, 1.165) is 54.8 Å². The van der Waals surface area contributed by atoms with Gasteiger partial charge in [0.05, 0.1) is 6.10 Å². The third-order valence-electron chi connectivity index (χ3n) is 10.2. The van der Waals surface area contributed by atoms with Crippen LogP contribution in [0.2, 0.25) is 0 Å². The molecular formula is C24H42O2. The number of aliphatic hydroxyl groups excluding tert-OH is 2. The maximum absolute atomic E-state index is 10.2. The van der Waals surface area contributed by atoms with E-state index < -0.39 is 0 Å². The minimum absolute atomic E-state index is 0.0262. The second-order valence-corrected chi connectivity index (χ2v) is 11.2. The Morgan fingerprint density at radius 2 is 1.65 bits per heavy atom. The summed E-state index contributed by atoms with van der Waals surface area (Å²) in [6.07, 6.45) is 14.1. The summed E-state index contributed by atoms with van der Waals surface area (Å²) in [6.45, 7) is 8.05. The highest BCUT2D eigenvalue weighted by Crippen LogP contribution is 2.68. The molecule has 0 bridgehead atoms. The zero-order valence-electron chi connectivity index (χ0n) is 17.4. The molecule has 0 saturated heterocycles. The van der Waals surface area contributed by atoms with Gasteiger partial charge in [0.2, 0.25) is 0 Å². The summed E-state index contributed by atoms with van der Waals surface area (Å²) >= 11 is 0. The summed E-state index contributed by atoms with van der Waals surface area (Å²) < 4.78 is 0. The zero-order valence-corrected chi connectivity index (χ0v) is 17.4. The quantitative estimate of drug-likeness (QED) is 0.701. The molecule has 0 aromatic carbocycles. The Bertz CT molecular complexity index is 504. The Kier molecular flexibility index (Phi) is 5.23. The molecule has 4 fully saturated rings. The molecule has 26 heavy (non-hydrogen) atoms. The Balaban J connectivity index is 1.52. The van der Waals surface area contributed by atoms with Gasteiger partial charge in [-0.15, -0.1) is 0 Å². The molecule has 2 N–H and O–H groups in total. The van der Waals surface area contributed by atoms with Crippen LogP contribution < -0.4 is 0 Å². The van der Waals surface area contributed by atoms with E-state index in [0.29, 0.717) is 17.4 Å². The topological polar surface area (TPSA) is 40.5 Å². The Hall–Kier alpha value is -0.0800. The predicted molar refractivity (Wildman–Crippen MR) is 107 cm³/mol. The van der Waals surface area contributed by atoms with Crippen molar-refractivity contribution in [1.82, 2.24) is 0 Å². The third kappa shape index (κ3) is 2.89. The molecule has 0 aliphatic heterocycles. The van der Waals surface area contributed by atoms with Crippen molar-refractivity contribution in [3.63, 3.8) is 0 Å². The summed E-state index contributed by atoms with van der Waals surface area (Å²) in [5.74, 6) is 5.22. The molecular weight excluding hydrogens is 320 g/mol. The SMILES string of the molecule is C[C@H](CCCO)[C@H]1CC[C@H]2[C@@H]3CCC4CC(O)CC[C@]4(C)[C@H]3CC[C@]12C. The normalized spacial score (nSPS) is 52.0. The van der Waals surface area contributed by atoms with Crippen LogP contribution in [0.4, 0.5) is 0 Å². The van der Waals surface area contributed by atoms with Gasteiger partial charge in [0.1, 0.15) is 0 Å². The van der Waals surface area contributed by atoms with Crippen molar-refractivity contribution in [3.05, 3.63) is 0 Å². The number of rotatable bonds is 4. The molecule has 0 aromatic rings. The van der Waals surface area contributed by atoms with Gasteiger partial charge in [-0.2, -0.15) is 0 Å². The summed E-state index contributed by atoms with van der Waals surface area (Å²) in [6, 6.07) is 0. The molecule has 0 heterocycles. The number of hydrogen-bond acceptors (Lipinski definition) is 2. The van der Waals surface area contributed by atoms with Crippen molar-refractivity contribution in [1.29, 1.82) is 0 Å². The summed E-state index contributed by atoms with van der Waals surface area (Å²) in [5, 5.41) is 19.4. The van der Waals surface area contributed by atoms with Gasteiger partial charge in [0, 0.05) is 6.61 Å². The average Bonchev–Trinajstić information content (AvgIpc) is 2.97. The molecule has 2 nitrogen and oxygen atoms in total. The van der Waals surface area contributed by atoms with Crippen LogP contribution in [-0.2, 0) is 0 Å². The molecule has 0 radical (unpaired) electrons. The van der Waals surface area contributed by atoms with Crippen LogP contribution in [0.15, 0.2) is 0 Å². The molecule has 4 rings (SSSR count). The largest absolute Gasteiger partial charge is 0.396 e. The lowest BCUT2D eigenvalue weighted by Gasteiger charge is -2.61. The lowest BCUT2D eigenvalue weighted by Crippen LogP contribution is -2.54. The molecule has 2 heteroatoms.